The highest BCUT2D eigenvalue weighted by atomic mass is 16.7. The smallest absolute Gasteiger partial charge is 0.234 e. The number of fused-ring (bicyclic) bond motifs is 1. The highest BCUT2D eigenvalue weighted by Crippen LogP contribution is 2.34. The fourth-order valence-corrected chi connectivity index (χ4v) is 3.89. The Balaban J connectivity index is 1.23. The van der Waals surface area contributed by atoms with Gasteiger partial charge in [0.2, 0.25) is 12.7 Å². The molecule has 2 aromatic carbocycles. The monoisotopic (exact) mass is 395 g/mol. The SMILES string of the molecule is Cc1ccccc1CN1CCN(CC(=O)N[C@H](C)c2ccc3c(c2)OCO3)CC1. The van der Waals surface area contributed by atoms with Gasteiger partial charge >= 0.3 is 0 Å². The first kappa shape index (κ1) is 19.7. The lowest BCUT2D eigenvalue weighted by molar-refractivity contribution is -0.123. The van der Waals surface area contributed by atoms with E-state index in [4.69, 9.17) is 9.47 Å². The van der Waals surface area contributed by atoms with E-state index in [2.05, 4.69) is 46.3 Å². The molecule has 0 saturated carbocycles. The van der Waals surface area contributed by atoms with Crippen LogP contribution in [0.3, 0.4) is 0 Å². The lowest BCUT2D eigenvalue weighted by atomic mass is 10.1. The first-order chi connectivity index (χ1) is 14.1. The zero-order valence-electron chi connectivity index (χ0n) is 17.2. The van der Waals surface area contributed by atoms with Crippen LogP contribution < -0.4 is 14.8 Å². The second kappa shape index (κ2) is 8.84. The molecule has 2 aliphatic rings. The van der Waals surface area contributed by atoms with Crippen LogP contribution in [0, 0.1) is 6.92 Å². The van der Waals surface area contributed by atoms with Crippen LogP contribution >= 0.6 is 0 Å². The molecule has 1 atom stereocenters. The maximum atomic E-state index is 12.5. The lowest BCUT2D eigenvalue weighted by Gasteiger charge is -2.34. The van der Waals surface area contributed by atoms with Crippen molar-refractivity contribution in [2.24, 2.45) is 0 Å². The second-order valence-electron chi connectivity index (χ2n) is 7.88. The Bertz CT molecular complexity index is 862. The van der Waals surface area contributed by atoms with Crippen LogP contribution in [0.4, 0.5) is 0 Å². The summed E-state index contributed by atoms with van der Waals surface area (Å²) in [6.07, 6.45) is 0. The van der Waals surface area contributed by atoms with E-state index in [1.54, 1.807) is 0 Å². The van der Waals surface area contributed by atoms with Crippen LogP contribution in [0.2, 0.25) is 0 Å². The molecule has 0 bridgehead atoms. The van der Waals surface area contributed by atoms with E-state index in [9.17, 15) is 4.79 Å². The standard InChI is InChI=1S/C23H29N3O3/c1-17-5-3-4-6-20(17)14-25-9-11-26(12-10-25)15-23(27)24-18(2)19-7-8-21-22(13-19)29-16-28-21/h3-8,13,18H,9-12,14-16H2,1-2H3,(H,24,27)/t18-/m1/s1. The maximum Gasteiger partial charge on any atom is 0.234 e. The number of rotatable bonds is 6. The van der Waals surface area contributed by atoms with Crippen molar-refractivity contribution in [3.8, 4) is 11.5 Å². The van der Waals surface area contributed by atoms with Gasteiger partial charge in [0.25, 0.3) is 0 Å². The van der Waals surface area contributed by atoms with Gasteiger partial charge < -0.3 is 14.8 Å². The van der Waals surface area contributed by atoms with Crippen LogP contribution in [-0.4, -0.2) is 55.2 Å². The Hall–Kier alpha value is -2.57. The van der Waals surface area contributed by atoms with Gasteiger partial charge in [-0.15, -0.1) is 0 Å². The number of ether oxygens (including phenoxy) is 2. The van der Waals surface area contributed by atoms with Crippen LogP contribution in [0.1, 0.15) is 29.7 Å². The highest BCUT2D eigenvalue weighted by molar-refractivity contribution is 5.78. The number of amides is 1. The number of piperazine rings is 1. The summed E-state index contributed by atoms with van der Waals surface area (Å²) in [7, 11) is 0. The summed E-state index contributed by atoms with van der Waals surface area (Å²) in [6, 6.07) is 14.3. The largest absolute Gasteiger partial charge is 0.454 e. The number of hydrogen-bond acceptors (Lipinski definition) is 5. The van der Waals surface area contributed by atoms with Crippen molar-refractivity contribution in [1.29, 1.82) is 0 Å². The first-order valence-corrected chi connectivity index (χ1v) is 10.3. The van der Waals surface area contributed by atoms with Gasteiger partial charge in [0.15, 0.2) is 11.5 Å². The van der Waals surface area contributed by atoms with Gasteiger partial charge in [-0.3, -0.25) is 14.6 Å². The molecule has 6 nitrogen and oxygen atoms in total. The second-order valence-corrected chi connectivity index (χ2v) is 7.88. The Kier molecular flexibility index (Phi) is 6.02. The Morgan fingerprint density at radius 2 is 1.76 bits per heavy atom. The summed E-state index contributed by atoms with van der Waals surface area (Å²) < 4.78 is 10.8. The van der Waals surface area contributed by atoms with Crippen molar-refractivity contribution < 1.29 is 14.3 Å². The van der Waals surface area contributed by atoms with Gasteiger partial charge in [0.1, 0.15) is 0 Å². The van der Waals surface area contributed by atoms with Crippen LogP contribution in [0.5, 0.6) is 11.5 Å². The maximum absolute atomic E-state index is 12.5. The fraction of sp³-hybridized carbons (Fsp3) is 0.435. The van der Waals surface area contributed by atoms with Gasteiger partial charge in [-0.25, -0.2) is 0 Å². The minimum Gasteiger partial charge on any atom is -0.454 e. The van der Waals surface area contributed by atoms with Gasteiger partial charge in [-0.1, -0.05) is 30.3 Å². The number of nitrogens with one attached hydrogen (secondary N) is 1. The number of benzene rings is 2. The van der Waals surface area contributed by atoms with Gasteiger partial charge in [0, 0.05) is 32.7 Å². The van der Waals surface area contributed by atoms with Crippen molar-refractivity contribution in [2.45, 2.75) is 26.4 Å². The predicted molar refractivity (Wildman–Crippen MR) is 112 cm³/mol. The molecular weight excluding hydrogens is 366 g/mol. The molecule has 0 unspecified atom stereocenters. The average Bonchev–Trinajstić information content (AvgIpc) is 3.19. The molecule has 2 aromatic rings. The molecule has 1 saturated heterocycles. The molecule has 2 aliphatic heterocycles. The minimum absolute atomic E-state index is 0.0579. The van der Waals surface area contributed by atoms with Gasteiger partial charge in [0.05, 0.1) is 12.6 Å². The van der Waals surface area contributed by atoms with Gasteiger partial charge in [-0.2, -0.15) is 0 Å². The fourth-order valence-electron chi connectivity index (χ4n) is 3.89. The molecule has 0 radical (unpaired) electrons. The van der Waals surface area contributed by atoms with E-state index in [0.29, 0.717) is 6.54 Å². The van der Waals surface area contributed by atoms with Crippen molar-refractivity contribution in [3.05, 3.63) is 59.2 Å². The number of aryl methyl sites for hydroxylation is 1. The van der Waals surface area contributed by atoms with Crippen molar-refractivity contribution in [2.75, 3.05) is 39.5 Å². The van der Waals surface area contributed by atoms with Crippen LogP contribution in [0.25, 0.3) is 0 Å². The van der Waals surface area contributed by atoms with E-state index in [0.717, 1.165) is 49.8 Å². The molecule has 0 aliphatic carbocycles. The molecular formula is C23H29N3O3. The highest BCUT2D eigenvalue weighted by Gasteiger charge is 2.21. The summed E-state index contributed by atoms with van der Waals surface area (Å²) in [4.78, 5) is 17.2. The zero-order valence-corrected chi connectivity index (χ0v) is 17.2. The summed E-state index contributed by atoms with van der Waals surface area (Å²) in [6.45, 7) is 9.64. The molecule has 154 valence electrons. The zero-order chi connectivity index (χ0) is 20.2. The normalized spacial score (nSPS) is 17.9. The van der Waals surface area contributed by atoms with E-state index < -0.39 is 0 Å². The van der Waals surface area contributed by atoms with E-state index in [1.807, 2.05) is 25.1 Å². The topological polar surface area (TPSA) is 54.0 Å². The van der Waals surface area contributed by atoms with Crippen molar-refractivity contribution in [3.63, 3.8) is 0 Å². The lowest BCUT2D eigenvalue weighted by Crippen LogP contribution is -2.49. The summed E-state index contributed by atoms with van der Waals surface area (Å²) >= 11 is 0. The average molecular weight is 396 g/mol. The third-order valence-corrected chi connectivity index (χ3v) is 5.76. The number of hydrogen-bond donors (Lipinski definition) is 1. The first-order valence-electron chi connectivity index (χ1n) is 10.3. The Morgan fingerprint density at radius 3 is 2.55 bits per heavy atom. The minimum atomic E-state index is -0.0701. The molecule has 0 spiro atoms. The summed E-state index contributed by atoms with van der Waals surface area (Å²) in [5.41, 5.74) is 3.74. The van der Waals surface area contributed by atoms with Crippen LogP contribution in [0.15, 0.2) is 42.5 Å². The van der Waals surface area contributed by atoms with E-state index in [1.165, 1.54) is 11.1 Å². The molecule has 1 N–H and O–H groups in total. The van der Waals surface area contributed by atoms with E-state index >= 15 is 0 Å². The molecule has 29 heavy (non-hydrogen) atoms. The predicted octanol–water partition coefficient (Wildman–Crippen LogP) is 2.72. The Labute approximate surface area is 172 Å². The molecule has 1 amide bonds. The molecule has 0 aromatic heterocycles. The van der Waals surface area contributed by atoms with E-state index in [-0.39, 0.29) is 18.7 Å². The third-order valence-electron chi connectivity index (χ3n) is 5.76. The number of carbonyl (C=O) groups is 1. The van der Waals surface area contributed by atoms with Gasteiger partial charge in [-0.05, 0) is 42.7 Å². The molecule has 6 heteroatoms. The molecule has 2 heterocycles. The number of carbonyl (C=O) groups excluding carboxylic acids is 1. The quantitative estimate of drug-likeness (QED) is 0.815. The third kappa shape index (κ3) is 4.89. The summed E-state index contributed by atoms with van der Waals surface area (Å²) in [5, 5.41) is 3.10. The summed E-state index contributed by atoms with van der Waals surface area (Å²) in [5.74, 6) is 1.56. The van der Waals surface area contributed by atoms with Crippen LogP contribution in [-0.2, 0) is 11.3 Å². The van der Waals surface area contributed by atoms with Crippen molar-refractivity contribution >= 4 is 5.91 Å². The molecule has 1 fully saturated rings. The number of nitrogens with zero attached hydrogens (tertiary/aromatic N) is 2. The Morgan fingerprint density at radius 1 is 1.03 bits per heavy atom. The van der Waals surface area contributed by atoms with Crippen molar-refractivity contribution in [1.82, 2.24) is 15.1 Å². The molecule has 4 rings (SSSR count).